The number of benzene rings is 3. The van der Waals surface area contributed by atoms with Gasteiger partial charge in [-0.15, -0.1) is 0 Å². The molecule has 0 saturated carbocycles. The minimum absolute atomic E-state index is 0.0813. The van der Waals surface area contributed by atoms with E-state index in [1.54, 1.807) is 13.0 Å². The molecular formula is C27H21F2N3O5. The average molecular weight is 505 g/mol. The minimum Gasteiger partial charge on any atom is -0.507 e. The summed E-state index contributed by atoms with van der Waals surface area (Å²) in [5.74, 6) is -2.15. The Morgan fingerprint density at radius 2 is 1.70 bits per heavy atom. The molecule has 4 aromatic rings. The van der Waals surface area contributed by atoms with Gasteiger partial charge in [0.05, 0.1) is 5.71 Å². The molecule has 3 N–H and O–H groups in total. The number of nitrogens with zero attached hydrogens (tertiary/aromatic N) is 2. The number of phenols is 1. The number of halogens is 2. The maximum absolute atomic E-state index is 14.8. The highest BCUT2D eigenvalue weighted by atomic mass is 19.1. The summed E-state index contributed by atoms with van der Waals surface area (Å²) in [6.45, 7) is 3.15. The number of aryl methyl sites for hydroxylation is 1. The monoisotopic (exact) mass is 505 g/mol. The summed E-state index contributed by atoms with van der Waals surface area (Å²) in [6, 6.07) is 16.0. The van der Waals surface area contributed by atoms with Gasteiger partial charge < -0.3 is 20.4 Å². The Bertz CT molecular complexity index is 1580. The van der Waals surface area contributed by atoms with E-state index in [1.807, 2.05) is 0 Å². The van der Waals surface area contributed by atoms with E-state index in [1.165, 1.54) is 72.2 Å². The molecule has 0 atom stereocenters. The molecular weight excluding hydrogens is 484 g/mol. The van der Waals surface area contributed by atoms with Crippen molar-refractivity contribution in [2.24, 2.45) is 5.16 Å². The molecule has 0 fully saturated rings. The summed E-state index contributed by atoms with van der Waals surface area (Å²) in [5.41, 5.74) is 0.549. The van der Waals surface area contributed by atoms with Crippen LogP contribution < -0.4 is 15.6 Å². The fourth-order valence-electron chi connectivity index (χ4n) is 3.62. The third-order valence-electron chi connectivity index (χ3n) is 5.53. The molecule has 188 valence electrons. The topological polar surface area (TPSA) is 113 Å². The zero-order chi connectivity index (χ0) is 26.7. The maximum atomic E-state index is 14.8. The van der Waals surface area contributed by atoms with Gasteiger partial charge in [-0.2, -0.15) is 0 Å². The molecule has 0 bridgehead atoms. The van der Waals surface area contributed by atoms with Crippen molar-refractivity contribution in [3.05, 3.63) is 112 Å². The van der Waals surface area contributed by atoms with Gasteiger partial charge in [0.1, 0.15) is 22.9 Å². The molecule has 0 unspecified atom stereocenters. The van der Waals surface area contributed by atoms with Crippen molar-refractivity contribution in [3.63, 3.8) is 0 Å². The number of ether oxygens (including phenoxy) is 1. The van der Waals surface area contributed by atoms with Gasteiger partial charge in [-0.3, -0.25) is 14.2 Å². The van der Waals surface area contributed by atoms with Crippen LogP contribution in [0.5, 0.6) is 17.2 Å². The molecule has 0 saturated heterocycles. The number of pyridine rings is 1. The first-order valence-corrected chi connectivity index (χ1v) is 11.0. The highest BCUT2D eigenvalue weighted by molar-refractivity contribution is 6.04. The average Bonchev–Trinajstić information content (AvgIpc) is 2.87. The first-order valence-electron chi connectivity index (χ1n) is 11.0. The fraction of sp³-hybridized carbons (Fsp3) is 0.0741. The summed E-state index contributed by atoms with van der Waals surface area (Å²) >= 11 is 0. The van der Waals surface area contributed by atoms with Crippen molar-refractivity contribution < 1.29 is 28.6 Å². The van der Waals surface area contributed by atoms with Crippen molar-refractivity contribution in [2.45, 2.75) is 13.8 Å². The maximum Gasteiger partial charge on any atom is 0.268 e. The zero-order valence-electron chi connectivity index (χ0n) is 19.7. The van der Waals surface area contributed by atoms with Crippen LogP contribution in [0.2, 0.25) is 0 Å². The molecule has 0 aliphatic rings. The zero-order valence-corrected chi connectivity index (χ0v) is 19.7. The summed E-state index contributed by atoms with van der Waals surface area (Å²) in [7, 11) is 0. The Hall–Kier alpha value is -4.99. The van der Waals surface area contributed by atoms with E-state index in [0.717, 1.165) is 6.07 Å². The van der Waals surface area contributed by atoms with Gasteiger partial charge >= 0.3 is 0 Å². The number of amides is 1. The molecule has 37 heavy (non-hydrogen) atoms. The summed E-state index contributed by atoms with van der Waals surface area (Å²) in [6.07, 6.45) is 0. The van der Waals surface area contributed by atoms with Crippen LogP contribution in [-0.4, -0.2) is 26.5 Å². The molecule has 4 rings (SSSR count). The molecule has 0 aliphatic carbocycles. The summed E-state index contributed by atoms with van der Waals surface area (Å²) < 4.78 is 34.9. The van der Waals surface area contributed by atoms with E-state index in [2.05, 4.69) is 10.5 Å². The highest BCUT2D eigenvalue weighted by Gasteiger charge is 2.17. The third-order valence-corrected chi connectivity index (χ3v) is 5.53. The minimum atomic E-state index is -0.799. The number of phenolic OH excluding ortho intramolecular Hbond substituents is 1. The molecule has 1 aromatic heterocycles. The van der Waals surface area contributed by atoms with Crippen LogP contribution >= 0.6 is 0 Å². The highest BCUT2D eigenvalue weighted by Crippen LogP contribution is 2.30. The lowest BCUT2D eigenvalue weighted by Crippen LogP contribution is -2.29. The van der Waals surface area contributed by atoms with Crippen molar-refractivity contribution in [3.8, 4) is 22.9 Å². The predicted octanol–water partition coefficient (Wildman–Crippen LogP) is 5.37. The number of nitrogens with one attached hydrogen (secondary N) is 1. The van der Waals surface area contributed by atoms with Crippen LogP contribution in [0.25, 0.3) is 5.69 Å². The SMILES string of the molecule is CC(=NO)c1cc(Oc2ccc(NC(=O)c3ccc(C)n(-c4ccc(F)cc4)c3=O)cc2F)ccc1O. The van der Waals surface area contributed by atoms with E-state index >= 15 is 0 Å². The van der Waals surface area contributed by atoms with Crippen molar-refractivity contribution in [2.75, 3.05) is 5.32 Å². The Balaban J connectivity index is 1.56. The normalized spacial score (nSPS) is 11.3. The first-order chi connectivity index (χ1) is 17.7. The second kappa shape index (κ2) is 10.3. The van der Waals surface area contributed by atoms with Crippen LogP contribution in [0.4, 0.5) is 14.5 Å². The van der Waals surface area contributed by atoms with E-state index in [0.29, 0.717) is 11.4 Å². The number of hydrogen-bond donors (Lipinski definition) is 3. The van der Waals surface area contributed by atoms with E-state index in [9.17, 15) is 23.5 Å². The van der Waals surface area contributed by atoms with E-state index in [4.69, 9.17) is 9.94 Å². The van der Waals surface area contributed by atoms with Gasteiger partial charge in [-0.25, -0.2) is 8.78 Å². The van der Waals surface area contributed by atoms with Crippen molar-refractivity contribution >= 4 is 17.3 Å². The van der Waals surface area contributed by atoms with Crippen LogP contribution in [0, 0.1) is 18.6 Å². The first kappa shape index (κ1) is 25.1. The fourth-order valence-corrected chi connectivity index (χ4v) is 3.62. The number of hydrogen-bond acceptors (Lipinski definition) is 6. The lowest BCUT2D eigenvalue weighted by molar-refractivity contribution is 0.102. The van der Waals surface area contributed by atoms with Gasteiger partial charge in [0.2, 0.25) is 0 Å². The Kier molecular flexibility index (Phi) is 7.01. The number of aromatic nitrogens is 1. The van der Waals surface area contributed by atoms with E-state index in [-0.39, 0.29) is 39.8 Å². The lowest BCUT2D eigenvalue weighted by Gasteiger charge is -2.13. The largest absolute Gasteiger partial charge is 0.507 e. The van der Waals surface area contributed by atoms with Crippen molar-refractivity contribution in [1.29, 1.82) is 0 Å². The third kappa shape index (κ3) is 5.32. The van der Waals surface area contributed by atoms with Gasteiger partial charge in [0.15, 0.2) is 11.6 Å². The molecule has 10 heteroatoms. The number of oxime groups is 1. The van der Waals surface area contributed by atoms with Gasteiger partial charge in [0, 0.05) is 28.7 Å². The molecule has 0 aliphatic heterocycles. The molecule has 1 amide bonds. The number of carbonyl (C=O) groups is 1. The second-order valence-electron chi connectivity index (χ2n) is 8.07. The number of rotatable bonds is 6. The molecule has 0 radical (unpaired) electrons. The smallest absolute Gasteiger partial charge is 0.268 e. The lowest BCUT2D eigenvalue weighted by atomic mass is 10.1. The van der Waals surface area contributed by atoms with Crippen molar-refractivity contribution in [1.82, 2.24) is 4.57 Å². The number of anilines is 1. The van der Waals surface area contributed by atoms with Crippen LogP contribution in [-0.2, 0) is 0 Å². The van der Waals surface area contributed by atoms with Crippen LogP contribution in [0.3, 0.4) is 0 Å². The summed E-state index contributed by atoms with van der Waals surface area (Å²) in [4.78, 5) is 25.9. The van der Waals surface area contributed by atoms with Crippen LogP contribution in [0.1, 0.15) is 28.5 Å². The number of aromatic hydroxyl groups is 1. The summed E-state index contributed by atoms with van der Waals surface area (Å²) in [5, 5.41) is 24.4. The molecule has 8 nitrogen and oxygen atoms in total. The Morgan fingerprint density at radius 1 is 0.973 bits per heavy atom. The standard InChI is InChI=1S/C27H21F2N3O5/c1-15-3-10-21(27(35)32(15)19-7-4-17(28)5-8-19)26(34)30-18-6-12-25(23(29)13-18)37-20-9-11-24(33)22(14-20)16(2)31-36/h3-14,33,36H,1-2H3,(H,30,34). The Morgan fingerprint density at radius 3 is 2.38 bits per heavy atom. The van der Waals surface area contributed by atoms with Gasteiger partial charge in [0.25, 0.3) is 11.5 Å². The second-order valence-corrected chi connectivity index (χ2v) is 8.07. The van der Waals surface area contributed by atoms with Gasteiger partial charge in [-0.1, -0.05) is 5.16 Å². The molecule has 0 spiro atoms. The predicted molar refractivity (Wildman–Crippen MR) is 133 cm³/mol. The molecule has 1 heterocycles. The van der Waals surface area contributed by atoms with Gasteiger partial charge in [-0.05, 0) is 80.6 Å². The molecule has 3 aromatic carbocycles. The van der Waals surface area contributed by atoms with E-state index < -0.39 is 23.1 Å². The quantitative estimate of drug-likeness (QED) is 0.185. The number of carbonyl (C=O) groups excluding carboxylic acids is 1. The Labute approximate surface area is 209 Å². The van der Waals surface area contributed by atoms with Crippen LogP contribution in [0.15, 0.2) is 82.7 Å².